The normalized spacial score (nSPS) is 11.0. The molecule has 4 N–H and O–H groups in total. The van der Waals surface area contributed by atoms with E-state index in [-0.39, 0.29) is 0 Å². The lowest BCUT2D eigenvalue weighted by Gasteiger charge is -2.14. The van der Waals surface area contributed by atoms with Crippen LogP contribution in [0.1, 0.15) is 111 Å². The molecule has 35 heavy (non-hydrogen) atoms. The fourth-order valence-electron chi connectivity index (χ4n) is 3.10. The molecule has 0 spiro atoms. The highest BCUT2D eigenvalue weighted by molar-refractivity contribution is 8.07. The lowest BCUT2D eigenvalue weighted by molar-refractivity contribution is 0.192. The summed E-state index contributed by atoms with van der Waals surface area (Å²) in [6.07, 6.45) is 17.8. The standard InChI is InChI=1S/C12H27N.C8H19O3PS.C6H5N3/c1-2-3-4-5-6-7-8-9-10-11-12-13;1-3-5-7-10-12(9,13)11-8-6-4-2;1-2-4-6-5(3-1)7-9-8-6/h2-13H2,1H3;3-8H2,1-2H3,(H,9,13);1-4H,(H,7,8,9). The number of aromatic amines is 1. The highest BCUT2D eigenvalue weighted by Crippen LogP contribution is 2.43. The number of nitrogens with two attached hydrogens (primary N) is 1. The zero-order chi connectivity index (χ0) is 26.0. The van der Waals surface area contributed by atoms with Crippen molar-refractivity contribution in [2.75, 3.05) is 19.8 Å². The number of fused-ring (bicyclic) bond motifs is 1. The van der Waals surface area contributed by atoms with Gasteiger partial charge in [-0.25, -0.2) is 0 Å². The summed E-state index contributed by atoms with van der Waals surface area (Å²) in [5.41, 5.74) is 7.25. The van der Waals surface area contributed by atoms with Gasteiger partial charge in [-0.05, 0) is 49.7 Å². The van der Waals surface area contributed by atoms with E-state index in [2.05, 4.69) is 36.2 Å². The van der Waals surface area contributed by atoms with Gasteiger partial charge in [0.1, 0.15) is 11.0 Å². The van der Waals surface area contributed by atoms with Crippen molar-refractivity contribution in [3.8, 4) is 0 Å². The Morgan fingerprint density at radius 3 is 1.54 bits per heavy atom. The van der Waals surface area contributed by atoms with Gasteiger partial charge in [0, 0.05) is 0 Å². The number of hydrogen-bond acceptors (Lipinski definition) is 6. The highest BCUT2D eigenvalue weighted by Gasteiger charge is 2.13. The molecule has 0 saturated carbocycles. The number of unbranched alkanes of at least 4 members (excludes halogenated alkanes) is 11. The van der Waals surface area contributed by atoms with Crippen LogP contribution >= 0.6 is 6.72 Å². The molecule has 0 atom stereocenters. The Hall–Kier alpha value is -0.890. The quantitative estimate of drug-likeness (QED) is 0.134. The first-order valence-electron chi connectivity index (χ1n) is 13.6. The van der Waals surface area contributed by atoms with Crippen molar-refractivity contribution in [1.29, 1.82) is 0 Å². The molecule has 0 unspecified atom stereocenters. The summed E-state index contributed by atoms with van der Waals surface area (Å²) in [7, 11) is 0. The third-order valence-corrected chi connectivity index (χ3v) is 6.94. The first-order chi connectivity index (χ1) is 17.0. The number of para-hydroxylation sites is 2. The Morgan fingerprint density at radius 1 is 0.743 bits per heavy atom. The second-order valence-electron chi connectivity index (χ2n) is 8.63. The average molecular weight is 531 g/mol. The molecule has 7 nitrogen and oxygen atoms in total. The summed E-state index contributed by atoms with van der Waals surface area (Å²) in [4.78, 5) is 9.45. The Balaban J connectivity index is 0.000000502. The van der Waals surface area contributed by atoms with Crippen LogP contribution in [0.5, 0.6) is 0 Å². The molecule has 0 bridgehead atoms. The molecular weight excluding hydrogens is 479 g/mol. The second kappa shape index (κ2) is 24.8. The molecule has 0 amide bonds. The molecular formula is C26H51N4O3PS. The number of H-pyrrole nitrogens is 1. The van der Waals surface area contributed by atoms with Crippen LogP contribution in [0.3, 0.4) is 0 Å². The summed E-state index contributed by atoms with van der Waals surface area (Å²) in [5.74, 6) is 0. The van der Waals surface area contributed by atoms with Crippen LogP contribution in [0, 0.1) is 0 Å². The van der Waals surface area contributed by atoms with Crippen LogP contribution in [0.2, 0.25) is 0 Å². The van der Waals surface area contributed by atoms with E-state index in [4.69, 9.17) is 26.6 Å². The van der Waals surface area contributed by atoms with Crippen molar-refractivity contribution in [2.45, 2.75) is 111 Å². The van der Waals surface area contributed by atoms with Crippen molar-refractivity contribution in [2.24, 2.45) is 5.73 Å². The Bertz CT molecular complexity index is 694. The first-order valence-corrected chi connectivity index (χ1v) is 16.2. The SMILES string of the molecule is CCCCCCCCCCCCN.CCCCOP(O)(=S)OCCCC.c1ccc2n[nH]nc2c1. The summed E-state index contributed by atoms with van der Waals surface area (Å²) in [6.45, 7) is 5.33. The van der Waals surface area contributed by atoms with Crippen LogP contribution < -0.4 is 5.73 Å². The zero-order valence-corrected chi connectivity index (χ0v) is 24.1. The van der Waals surface area contributed by atoms with Gasteiger partial charge in [-0.3, -0.25) is 0 Å². The molecule has 0 aliphatic rings. The Kier molecular flexibility index (Phi) is 24.2. The van der Waals surface area contributed by atoms with Crippen LogP contribution in [0.4, 0.5) is 0 Å². The molecule has 0 aliphatic heterocycles. The van der Waals surface area contributed by atoms with E-state index in [0.717, 1.165) is 43.3 Å². The maximum atomic E-state index is 9.45. The van der Waals surface area contributed by atoms with Gasteiger partial charge in [-0.2, -0.15) is 15.4 Å². The Labute approximate surface area is 219 Å². The van der Waals surface area contributed by atoms with Crippen LogP contribution in [-0.2, 0) is 20.9 Å². The third kappa shape index (κ3) is 22.1. The van der Waals surface area contributed by atoms with Crippen molar-refractivity contribution in [3.63, 3.8) is 0 Å². The third-order valence-electron chi connectivity index (χ3n) is 5.28. The largest absolute Gasteiger partial charge is 0.330 e. The number of benzene rings is 1. The van der Waals surface area contributed by atoms with Gasteiger partial charge >= 0.3 is 6.72 Å². The summed E-state index contributed by atoms with van der Waals surface area (Å²) in [5, 5.41) is 10.3. The predicted molar refractivity (Wildman–Crippen MR) is 153 cm³/mol. The molecule has 0 aliphatic carbocycles. The number of aromatic nitrogens is 3. The number of hydrogen-bond donors (Lipinski definition) is 3. The number of nitrogens with one attached hydrogen (secondary N) is 1. The molecule has 0 saturated heterocycles. The smallest absolute Gasteiger partial charge is 0.324 e. The van der Waals surface area contributed by atoms with Gasteiger partial charge in [0.2, 0.25) is 0 Å². The molecule has 2 aromatic rings. The Morgan fingerprint density at radius 2 is 1.14 bits per heavy atom. The van der Waals surface area contributed by atoms with Gasteiger partial charge in [-0.1, -0.05) is 104 Å². The van der Waals surface area contributed by atoms with Crippen molar-refractivity contribution in [3.05, 3.63) is 24.3 Å². The summed E-state index contributed by atoms with van der Waals surface area (Å²) in [6, 6.07) is 7.70. The van der Waals surface area contributed by atoms with Gasteiger partial charge in [0.15, 0.2) is 0 Å². The predicted octanol–water partition coefficient (Wildman–Crippen LogP) is 7.66. The summed E-state index contributed by atoms with van der Waals surface area (Å²) >= 11 is 4.79. The van der Waals surface area contributed by atoms with Crippen LogP contribution in [0.15, 0.2) is 24.3 Å². The molecule has 1 aromatic carbocycles. The number of rotatable bonds is 18. The topological polar surface area (TPSA) is 106 Å². The minimum atomic E-state index is -2.92. The van der Waals surface area contributed by atoms with Crippen LogP contribution in [-0.4, -0.2) is 40.1 Å². The first kappa shape index (κ1) is 34.1. The van der Waals surface area contributed by atoms with Gasteiger partial charge < -0.3 is 19.7 Å². The van der Waals surface area contributed by atoms with Gasteiger partial charge in [0.05, 0.1) is 13.2 Å². The molecule has 1 heterocycles. The zero-order valence-electron chi connectivity index (χ0n) is 22.4. The van der Waals surface area contributed by atoms with Crippen molar-refractivity contribution < 1.29 is 13.9 Å². The van der Waals surface area contributed by atoms with E-state index in [1.807, 2.05) is 24.3 Å². The van der Waals surface area contributed by atoms with E-state index in [0.29, 0.717) is 13.2 Å². The molecule has 2 rings (SSSR count). The maximum Gasteiger partial charge on any atom is 0.324 e. The van der Waals surface area contributed by atoms with Gasteiger partial charge in [-0.15, -0.1) is 0 Å². The number of nitrogens with zero attached hydrogens (tertiary/aromatic N) is 2. The van der Waals surface area contributed by atoms with E-state index in [9.17, 15) is 4.89 Å². The van der Waals surface area contributed by atoms with Crippen LogP contribution in [0.25, 0.3) is 11.0 Å². The summed E-state index contributed by atoms with van der Waals surface area (Å²) < 4.78 is 10.2. The van der Waals surface area contributed by atoms with E-state index in [1.54, 1.807) is 0 Å². The molecule has 9 heteroatoms. The molecule has 0 fully saturated rings. The van der Waals surface area contributed by atoms with E-state index < -0.39 is 6.72 Å². The molecule has 204 valence electrons. The minimum absolute atomic E-state index is 0.496. The molecule has 1 aromatic heterocycles. The fourth-order valence-corrected chi connectivity index (χ4v) is 4.34. The molecule has 0 radical (unpaired) electrons. The highest BCUT2D eigenvalue weighted by atomic mass is 32.5. The van der Waals surface area contributed by atoms with Gasteiger partial charge in [0.25, 0.3) is 0 Å². The lowest BCUT2D eigenvalue weighted by Crippen LogP contribution is -1.97. The van der Waals surface area contributed by atoms with Crippen molar-refractivity contribution >= 4 is 29.6 Å². The second-order valence-corrected chi connectivity index (χ2v) is 11.5. The average Bonchev–Trinajstić information content (AvgIpc) is 3.33. The minimum Gasteiger partial charge on any atom is -0.330 e. The van der Waals surface area contributed by atoms with E-state index >= 15 is 0 Å². The van der Waals surface area contributed by atoms with E-state index in [1.165, 1.54) is 64.2 Å². The monoisotopic (exact) mass is 530 g/mol. The van der Waals surface area contributed by atoms with Crippen molar-refractivity contribution in [1.82, 2.24) is 15.4 Å². The maximum absolute atomic E-state index is 9.45. The fraction of sp³-hybridized carbons (Fsp3) is 0.769. The lowest BCUT2D eigenvalue weighted by atomic mass is 10.1.